The summed E-state index contributed by atoms with van der Waals surface area (Å²) < 4.78 is 0. The van der Waals surface area contributed by atoms with Crippen LogP contribution < -0.4 is 0 Å². The first-order chi connectivity index (χ1) is 9.10. The maximum absolute atomic E-state index is 11.5. The van der Waals surface area contributed by atoms with E-state index < -0.39 is 15.5 Å². The number of hydrogen-bond acceptors (Lipinski definition) is 4. The van der Waals surface area contributed by atoms with Gasteiger partial charge in [-0.05, 0) is 12.1 Å². The molecule has 19 heavy (non-hydrogen) atoms. The monoisotopic (exact) mass is 256 g/mol. The van der Waals surface area contributed by atoms with Crippen molar-refractivity contribution in [2.45, 2.75) is 5.66 Å². The Bertz CT molecular complexity index is 650. The van der Waals surface area contributed by atoms with Crippen molar-refractivity contribution in [3.05, 3.63) is 79.9 Å². The van der Waals surface area contributed by atoms with Gasteiger partial charge in [0.25, 0.3) is 0 Å². The van der Waals surface area contributed by atoms with Crippen molar-refractivity contribution in [3.63, 3.8) is 0 Å². The Labute approximate surface area is 107 Å². The van der Waals surface area contributed by atoms with Crippen LogP contribution >= 0.6 is 0 Å². The van der Waals surface area contributed by atoms with Gasteiger partial charge in [-0.3, -0.25) is 20.2 Å². The topological polar surface area (TPSA) is 86.3 Å². The number of benzene rings is 2. The van der Waals surface area contributed by atoms with Gasteiger partial charge in [-0.15, -0.1) is 0 Å². The first kappa shape index (κ1) is 11.3. The summed E-state index contributed by atoms with van der Waals surface area (Å²) in [7, 11) is 0. The van der Waals surface area contributed by atoms with E-state index in [9.17, 15) is 20.2 Å². The second-order valence-electron chi connectivity index (χ2n) is 4.28. The van der Waals surface area contributed by atoms with Crippen LogP contribution in [0.4, 0.5) is 0 Å². The molecule has 94 valence electrons. The van der Waals surface area contributed by atoms with Crippen LogP contribution in [-0.2, 0) is 5.66 Å². The average Bonchev–Trinajstić information content (AvgIpc) is 2.70. The summed E-state index contributed by atoms with van der Waals surface area (Å²) in [5.74, 6) is 0. The molecule has 0 atom stereocenters. The Kier molecular flexibility index (Phi) is 2.16. The molecule has 2 aromatic carbocycles. The highest BCUT2D eigenvalue weighted by Gasteiger charge is 2.65. The smallest absolute Gasteiger partial charge is 0.258 e. The average molecular weight is 256 g/mol. The highest BCUT2D eigenvalue weighted by atomic mass is 16.7. The molecule has 0 fully saturated rings. The van der Waals surface area contributed by atoms with Crippen LogP contribution in [0.15, 0.2) is 48.5 Å². The zero-order valence-corrected chi connectivity index (χ0v) is 9.65. The fourth-order valence-corrected chi connectivity index (χ4v) is 2.65. The molecule has 0 radical (unpaired) electrons. The molecule has 0 amide bonds. The summed E-state index contributed by atoms with van der Waals surface area (Å²) in [6.07, 6.45) is 0. The van der Waals surface area contributed by atoms with Gasteiger partial charge in [0.1, 0.15) is 21.0 Å². The molecule has 1 aliphatic rings. The zero-order chi connectivity index (χ0) is 13.6. The van der Waals surface area contributed by atoms with Crippen LogP contribution in [0.2, 0.25) is 0 Å². The standard InChI is InChI=1S/C13H8N2O4/c16-14(17)13(15(18)19)11-7-3-1-5-9(11)10-6-2-4-8-12(10)13/h1-8H. The molecule has 0 unspecified atom stereocenters. The number of rotatable bonds is 2. The van der Waals surface area contributed by atoms with E-state index in [-0.39, 0.29) is 11.1 Å². The van der Waals surface area contributed by atoms with Gasteiger partial charge in [-0.25, -0.2) is 0 Å². The first-order valence-electron chi connectivity index (χ1n) is 5.58. The first-order valence-corrected chi connectivity index (χ1v) is 5.58. The lowest BCUT2D eigenvalue weighted by Crippen LogP contribution is -2.42. The van der Waals surface area contributed by atoms with Gasteiger partial charge in [0.05, 0.1) is 0 Å². The quantitative estimate of drug-likeness (QED) is 0.469. The molecular weight excluding hydrogens is 248 g/mol. The molecule has 0 aliphatic heterocycles. The second kappa shape index (κ2) is 3.61. The Morgan fingerprint density at radius 1 is 0.737 bits per heavy atom. The highest BCUT2D eigenvalue weighted by Crippen LogP contribution is 2.49. The van der Waals surface area contributed by atoms with Crippen molar-refractivity contribution in [2.75, 3.05) is 0 Å². The van der Waals surface area contributed by atoms with E-state index in [4.69, 9.17) is 0 Å². The maximum atomic E-state index is 11.5. The van der Waals surface area contributed by atoms with Crippen LogP contribution in [0.5, 0.6) is 0 Å². The van der Waals surface area contributed by atoms with Crippen molar-refractivity contribution in [1.82, 2.24) is 0 Å². The molecule has 0 saturated carbocycles. The Morgan fingerprint density at radius 2 is 1.11 bits per heavy atom. The third kappa shape index (κ3) is 1.20. The minimum absolute atomic E-state index is 0.117. The van der Waals surface area contributed by atoms with Gasteiger partial charge in [-0.2, -0.15) is 0 Å². The van der Waals surface area contributed by atoms with Crippen LogP contribution in [-0.4, -0.2) is 9.85 Å². The molecule has 0 saturated heterocycles. The molecule has 0 N–H and O–H groups in total. The Morgan fingerprint density at radius 3 is 1.47 bits per heavy atom. The van der Waals surface area contributed by atoms with Crippen molar-refractivity contribution in [2.24, 2.45) is 0 Å². The van der Waals surface area contributed by atoms with Gasteiger partial charge in [0.2, 0.25) is 0 Å². The highest BCUT2D eigenvalue weighted by molar-refractivity contribution is 5.79. The van der Waals surface area contributed by atoms with Crippen molar-refractivity contribution >= 4 is 0 Å². The van der Waals surface area contributed by atoms with Gasteiger partial charge in [0.15, 0.2) is 0 Å². The number of fused-ring (bicyclic) bond motifs is 3. The molecule has 0 aromatic heterocycles. The normalized spacial score (nSPS) is 14.5. The molecule has 0 spiro atoms. The predicted octanol–water partition coefficient (Wildman–Crippen LogP) is 2.42. The van der Waals surface area contributed by atoms with Crippen molar-refractivity contribution in [1.29, 1.82) is 0 Å². The lowest BCUT2D eigenvalue weighted by Gasteiger charge is -2.13. The molecule has 6 nitrogen and oxygen atoms in total. The van der Waals surface area contributed by atoms with E-state index in [2.05, 4.69) is 0 Å². The number of nitro groups is 2. The van der Waals surface area contributed by atoms with E-state index in [0.29, 0.717) is 11.1 Å². The van der Waals surface area contributed by atoms with Gasteiger partial charge in [0, 0.05) is 11.1 Å². The molecule has 3 rings (SSSR count). The van der Waals surface area contributed by atoms with Crippen LogP contribution in [0, 0.1) is 20.2 Å². The van der Waals surface area contributed by atoms with E-state index in [0.717, 1.165) is 0 Å². The van der Waals surface area contributed by atoms with Crippen LogP contribution in [0.25, 0.3) is 11.1 Å². The largest absolute Gasteiger partial charge is 0.511 e. The Balaban J connectivity index is 2.49. The Hall–Kier alpha value is -2.76. The van der Waals surface area contributed by atoms with Gasteiger partial charge < -0.3 is 0 Å². The van der Waals surface area contributed by atoms with E-state index in [1.165, 1.54) is 12.1 Å². The summed E-state index contributed by atoms with van der Waals surface area (Å²) in [6.45, 7) is 0. The summed E-state index contributed by atoms with van der Waals surface area (Å²) in [5, 5.41) is 22.9. The van der Waals surface area contributed by atoms with Crippen LogP contribution in [0.3, 0.4) is 0 Å². The minimum Gasteiger partial charge on any atom is -0.258 e. The number of nitrogens with zero attached hydrogens (tertiary/aromatic N) is 2. The van der Waals surface area contributed by atoms with Crippen molar-refractivity contribution < 1.29 is 9.85 Å². The third-order valence-electron chi connectivity index (χ3n) is 3.42. The second-order valence-corrected chi connectivity index (χ2v) is 4.28. The third-order valence-corrected chi connectivity index (χ3v) is 3.42. The molecule has 0 bridgehead atoms. The van der Waals surface area contributed by atoms with Crippen molar-refractivity contribution in [3.8, 4) is 11.1 Å². The number of hydrogen-bond donors (Lipinski definition) is 0. The fourth-order valence-electron chi connectivity index (χ4n) is 2.65. The summed E-state index contributed by atoms with van der Waals surface area (Å²) in [4.78, 5) is 21.3. The molecule has 1 aliphatic carbocycles. The lowest BCUT2D eigenvalue weighted by molar-refractivity contribution is -0.795. The molecule has 2 aromatic rings. The minimum atomic E-state index is -2.40. The summed E-state index contributed by atoms with van der Waals surface area (Å²) in [6, 6.07) is 12.8. The summed E-state index contributed by atoms with van der Waals surface area (Å²) >= 11 is 0. The molecule has 6 heteroatoms. The maximum Gasteiger partial charge on any atom is 0.511 e. The molecular formula is C13H8N2O4. The van der Waals surface area contributed by atoms with Crippen LogP contribution in [0.1, 0.15) is 11.1 Å². The predicted molar refractivity (Wildman–Crippen MR) is 66.6 cm³/mol. The lowest BCUT2D eigenvalue weighted by atomic mass is 9.98. The summed E-state index contributed by atoms with van der Waals surface area (Å²) in [5.41, 5.74) is -1.07. The van der Waals surface area contributed by atoms with Gasteiger partial charge in [-0.1, -0.05) is 36.4 Å². The van der Waals surface area contributed by atoms with E-state index >= 15 is 0 Å². The van der Waals surface area contributed by atoms with E-state index in [1.54, 1.807) is 36.4 Å². The zero-order valence-electron chi connectivity index (χ0n) is 9.65. The fraction of sp³-hybridized carbons (Fsp3) is 0.0769. The SMILES string of the molecule is O=[N+]([O-])C1([N+](=O)[O-])c2ccccc2-c2ccccc21. The van der Waals surface area contributed by atoms with E-state index in [1.807, 2.05) is 0 Å². The van der Waals surface area contributed by atoms with Gasteiger partial charge >= 0.3 is 5.66 Å². The molecule has 0 heterocycles.